The summed E-state index contributed by atoms with van der Waals surface area (Å²) >= 11 is 0. The van der Waals surface area contributed by atoms with Gasteiger partial charge in [0.2, 0.25) is 5.88 Å². The highest BCUT2D eigenvalue weighted by molar-refractivity contribution is 5.71. The Morgan fingerprint density at radius 1 is 1.03 bits per heavy atom. The number of aliphatic hydroxyl groups is 1. The maximum Gasteiger partial charge on any atom is 0.417 e. The topological polar surface area (TPSA) is 45.6 Å². The molecule has 4 rings (SSSR count). The number of hydrogen-bond donors (Lipinski definition) is 1. The summed E-state index contributed by atoms with van der Waals surface area (Å²) in [6.07, 6.45) is -3.11. The first-order valence-corrected chi connectivity index (χ1v) is 9.68. The molecule has 7 heteroatoms. The standard InChI is InChI=1S/C23H21F3N2O2/c24-23(25,26)19-8-9-22(27-13-19)30-20-10-11-28(14-20)21-12-17(6-7-18(21)15-29)16-4-2-1-3-5-16/h1-9,12-13,20,29H,10-11,14-15H2/t20-/m0/s1. The van der Waals surface area contributed by atoms with Crippen molar-refractivity contribution in [3.05, 3.63) is 78.0 Å². The van der Waals surface area contributed by atoms with E-state index in [2.05, 4.69) is 16.0 Å². The Hall–Kier alpha value is -3.06. The van der Waals surface area contributed by atoms with Gasteiger partial charge in [-0.25, -0.2) is 4.98 Å². The third-order valence-corrected chi connectivity index (χ3v) is 5.20. The third-order valence-electron chi connectivity index (χ3n) is 5.20. The van der Waals surface area contributed by atoms with E-state index in [0.29, 0.717) is 13.0 Å². The average molecular weight is 414 g/mol. The lowest BCUT2D eigenvalue weighted by atomic mass is 10.0. The number of aromatic nitrogens is 1. The molecule has 2 heterocycles. The zero-order valence-electron chi connectivity index (χ0n) is 16.1. The summed E-state index contributed by atoms with van der Waals surface area (Å²) < 4.78 is 43.8. The Morgan fingerprint density at radius 2 is 1.83 bits per heavy atom. The van der Waals surface area contributed by atoms with Crippen LogP contribution in [0.2, 0.25) is 0 Å². The summed E-state index contributed by atoms with van der Waals surface area (Å²) in [5.41, 5.74) is 3.10. The number of nitrogens with zero attached hydrogens (tertiary/aromatic N) is 2. The number of rotatable bonds is 5. The molecule has 0 radical (unpaired) electrons. The Bertz CT molecular complexity index is 992. The molecule has 1 fully saturated rings. The lowest BCUT2D eigenvalue weighted by Gasteiger charge is -2.22. The summed E-state index contributed by atoms with van der Waals surface area (Å²) in [4.78, 5) is 5.92. The van der Waals surface area contributed by atoms with Crippen LogP contribution in [0.1, 0.15) is 17.5 Å². The SMILES string of the molecule is OCc1ccc(-c2ccccc2)cc1N1CC[C@H](Oc2ccc(C(F)(F)F)cn2)C1. The van der Waals surface area contributed by atoms with Crippen LogP contribution in [0.15, 0.2) is 66.9 Å². The molecule has 0 saturated carbocycles. The molecular formula is C23H21F3N2O2. The molecule has 3 aromatic rings. The largest absolute Gasteiger partial charge is 0.472 e. The summed E-state index contributed by atoms with van der Waals surface area (Å²) in [7, 11) is 0. The molecule has 1 saturated heterocycles. The van der Waals surface area contributed by atoms with E-state index in [1.165, 1.54) is 6.07 Å². The smallest absolute Gasteiger partial charge is 0.417 e. The predicted molar refractivity (Wildman–Crippen MR) is 108 cm³/mol. The van der Waals surface area contributed by atoms with Crippen molar-refractivity contribution in [2.75, 3.05) is 18.0 Å². The molecule has 0 unspecified atom stereocenters. The fourth-order valence-corrected chi connectivity index (χ4v) is 3.63. The minimum absolute atomic E-state index is 0.0765. The lowest BCUT2D eigenvalue weighted by molar-refractivity contribution is -0.137. The second-order valence-electron chi connectivity index (χ2n) is 7.23. The average Bonchev–Trinajstić information content (AvgIpc) is 3.22. The molecule has 0 spiro atoms. The monoisotopic (exact) mass is 414 g/mol. The highest BCUT2D eigenvalue weighted by Gasteiger charge is 2.31. The zero-order valence-corrected chi connectivity index (χ0v) is 16.1. The van der Waals surface area contributed by atoms with Crippen molar-refractivity contribution in [1.82, 2.24) is 4.98 Å². The summed E-state index contributed by atoms with van der Waals surface area (Å²) in [5, 5.41) is 9.77. The van der Waals surface area contributed by atoms with Crippen molar-refractivity contribution in [3.63, 3.8) is 0 Å². The fourth-order valence-electron chi connectivity index (χ4n) is 3.63. The Balaban J connectivity index is 1.49. The molecule has 1 aliphatic rings. The van der Waals surface area contributed by atoms with Crippen molar-refractivity contribution in [1.29, 1.82) is 0 Å². The van der Waals surface area contributed by atoms with Gasteiger partial charge >= 0.3 is 6.18 Å². The van der Waals surface area contributed by atoms with Crippen LogP contribution in [0.25, 0.3) is 11.1 Å². The molecule has 1 N–H and O–H groups in total. The van der Waals surface area contributed by atoms with Crippen molar-refractivity contribution in [2.24, 2.45) is 0 Å². The number of pyridine rings is 1. The van der Waals surface area contributed by atoms with Crippen molar-refractivity contribution in [3.8, 4) is 17.0 Å². The van der Waals surface area contributed by atoms with E-state index < -0.39 is 11.7 Å². The molecule has 1 aromatic heterocycles. The van der Waals surface area contributed by atoms with Gasteiger partial charge < -0.3 is 14.7 Å². The highest BCUT2D eigenvalue weighted by Crippen LogP contribution is 2.32. The van der Waals surface area contributed by atoms with Gasteiger partial charge in [-0.05, 0) is 23.3 Å². The Kier molecular flexibility index (Phi) is 5.63. The Labute approximate surface area is 172 Å². The molecule has 2 aromatic carbocycles. The zero-order chi connectivity index (χ0) is 21.1. The summed E-state index contributed by atoms with van der Waals surface area (Å²) in [6.45, 7) is 1.21. The van der Waals surface area contributed by atoms with E-state index in [1.54, 1.807) is 0 Å². The van der Waals surface area contributed by atoms with Crippen LogP contribution >= 0.6 is 0 Å². The molecule has 156 valence electrons. The van der Waals surface area contributed by atoms with Gasteiger partial charge in [0.1, 0.15) is 6.10 Å². The molecule has 1 aliphatic heterocycles. The second kappa shape index (κ2) is 8.36. The van der Waals surface area contributed by atoms with E-state index in [4.69, 9.17) is 4.74 Å². The van der Waals surface area contributed by atoms with Gasteiger partial charge in [-0.15, -0.1) is 0 Å². The summed E-state index contributed by atoms with van der Waals surface area (Å²) in [5.74, 6) is 0.176. The molecular weight excluding hydrogens is 393 g/mol. The third kappa shape index (κ3) is 4.41. The minimum atomic E-state index is -4.42. The number of halogens is 3. The van der Waals surface area contributed by atoms with E-state index in [-0.39, 0.29) is 18.6 Å². The first-order valence-electron chi connectivity index (χ1n) is 9.68. The second-order valence-corrected chi connectivity index (χ2v) is 7.23. The van der Waals surface area contributed by atoms with Crippen molar-refractivity contribution < 1.29 is 23.0 Å². The van der Waals surface area contributed by atoms with Gasteiger partial charge in [-0.2, -0.15) is 13.2 Å². The quantitative estimate of drug-likeness (QED) is 0.644. The van der Waals surface area contributed by atoms with Gasteiger partial charge in [-0.1, -0.05) is 42.5 Å². The van der Waals surface area contributed by atoms with Crippen LogP contribution in [-0.4, -0.2) is 29.3 Å². The van der Waals surface area contributed by atoms with Gasteiger partial charge in [0, 0.05) is 36.5 Å². The minimum Gasteiger partial charge on any atom is -0.472 e. The molecule has 4 nitrogen and oxygen atoms in total. The van der Waals surface area contributed by atoms with E-state index in [0.717, 1.165) is 41.2 Å². The van der Waals surface area contributed by atoms with E-state index in [1.807, 2.05) is 42.5 Å². The van der Waals surface area contributed by atoms with Gasteiger partial charge in [-0.3, -0.25) is 0 Å². The van der Waals surface area contributed by atoms with Gasteiger partial charge in [0.25, 0.3) is 0 Å². The molecule has 1 atom stereocenters. The Morgan fingerprint density at radius 3 is 2.50 bits per heavy atom. The van der Waals surface area contributed by atoms with Gasteiger partial charge in [0.15, 0.2) is 0 Å². The predicted octanol–water partition coefficient (Wildman–Crippen LogP) is 4.92. The highest BCUT2D eigenvalue weighted by atomic mass is 19.4. The number of alkyl halides is 3. The van der Waals surface area contributed by atoms with Crippen LogP contribution in [0.3, 0.4) is 0 Å². The maximum absolute atomic E-state index is 12.7. The van der Waals surface area contributed by atoms with Gasteiger partial charge in [0.05, 0.1) is 18.7 Å². The van der Waals surface area contributed by atoms with Crippen LogP contribution in [0.5, 0.6) is 5.88 Å². The van der Waals surface area contributed by atoms with Crippen molar-refractivity contribution in [2.45, 2.75) is 25.3 Å². The lowest BCUT2D eigenvalue weighted by Crippen LogP contribution is -2.25. The van der Waals surface area contributed by atoms with Crippen LogP contribution in [0.4, 0.5) is 18.9 Å². The number of benzene rings is 2. The first kappa shape index (κ1) is 20.2. The van der Waals surface area contributed by atoms with Crippen LogP contribution in [0, 0.1) is 0 Å². The van der Waals surface area contributed by atoms with E-state index in [9.17, 15) is 18.3 Å². The maximum atomic E-state index is 12.7. The first-order chi connectivity index (χ1) is 14.4. The molecule has 30 heavy (non-hydrogen) atoms. The number of hydrogen-bond acceptors (Lipinski definition) is 4. The van der Waals surface area contributed by atoms with Crippen LogP contribution in [-0.2, 0) is 12.8 Å². The number of aliphatic hydroxyl groups excluding tert-OH is 1. The normalized spacial score (nSPS) is 16.7. The molecule has 0 aliphatic carbocycles. The molecule has 0 bridgehead atoms. The van der Waals surface area contributed by atoms with E-state index >= 15 is 0 Å². The number of ether oxygens (including phenoxy) is 1. The molecule has 0 amide bonds. The summed E-state index contributed by atoms with van der Waals surface area (Å²) in [6, 6.07) is 18.2. The number of anilines is 1. The fraction of sp³-hybridized carbons (Fsp3) is 0.261. The van der Waals surface area contributed by atoms with Crippen LogP contribution < -0.4 is 9.64 Å². The van der Waals surface area contributed by atoms with Crippen molar-refractivity contribution >= 4 is 5.69 Å².